The molecule has 2 N–H and O–H groups in total. The van der Waals surface area contributed by atoms with Crippen molar-refractivity contribution in [3.8, 4) is 17.0 Å². The van der Waals surface area contributed by atoms with Crippen LogP contribution in [-0.4, -0.2) is 21.2 Å². The summed E-state index contributed by atoms with van der Waals surface area (Å²) in [5.41, 5.74) is 1.63. The standard InChI is InChI=1S/C20H12BrNO3/c21-13-5-6-14-15(20(24)25)10-18(22-17(14)9-13)16-7-11-3-1-2-4-12(11)8-19(16)23/h1-10,23H,(H,24,25). The van der Waals surface area contributed by atoms with Crippen LogP contribution in [0.1, 0.15) is 10.4 Å². The van der Waals surface area contributed by atoms with Crippen LogP contribution in [0.4, 0.5) is 0 Å². The largest absolute Gasteiger partial charge is 0.507 e. The number of benzene rings is 3. The summed E-state index contributed by atoms with van der Waals surface area (Å²) in [6.45, 7) is 0. The fourth-order valence-corrected chi connectivity index (χ4v) is 3.30. The van der Waals surface area contributed by atoms with E-state index in [-0.39, 0.29) is 11.3 Å². The number of phenols is 1. The average Bonchev–Trinajstić information content (AvgIpc) is 2.59. The first-order valence-corrected chi connectivity index (χ1v) is 8.38. The van der Waals surface area contributed by atoms with Crippen molar-refractivity contribution in [3.63, 3.8) is 0 Å². The van der Waals surface area contributed by atoms with E-state index in [0.717, 1.165) is 15.2 Å². The molecule has 0 atom stereocenters. The first-order valence-electron chi connectivity index (χ1n) is 7.58. The van der Waals surface area contributed by atoms with E-state index in [4.69, 9.17) is 0 Å². The quantitative estimate of drug-likeness (QED) is 0.489. The van der Waals surface area contributed by atoms with Gasteiger partial charge < -0.3 is 10.2 Å². The summed E-state index contributed by atoms with van der Waals surface area (Å²) in [5, 5.41) is 22.4. The van der Waals surface area contributed by atoms with Gasteiger partial charge in [0.1, 0.15) is 5.75 Å². The first-order chi connectivity index (χ1) is 12.0. The summed E-state index contributed by atoms with van der Waals surface area (Å²) >= 11 is 3.39. The Bertz CT molecular complexity index is 1150. The highest BCUT2D eigenvalue weighted by Crippen LogP contribution is 2.34. The molecule has 0 saturated heterocycles. The number of carboxylic acid groups (broad SMARTS) is 1. The number of rotatable bonds is 2. The van der Waals surface area contributed by atoms with E-state index in [9.17, 15) is 15.0 Å². The van der Waals surface area contributed by atoms with Crippen molar-refractivity contribution >= 4 is 43.6 Å². The maximum absolute atomic E-state index is 11.7. The zero-order valence-corrected chi connectivity index (χ0v) is 14.5. The Morgan fingerprint density at radius 3 is 2.40 bits per heavy atom. The molecular formula is C20H12BrNO3. The number of aromatic nitrogens is 1. The molecular weight excluding hydrogens is 382 g/mol. The second-order valence-electron chi connectivity index (χ2n) is 5.74. The number of aromatic carboxylic acids is 1. The lowest BCUT2D eigenvalue weighted by molar-refractivity contribution is 0.0699. The molecule has 0 spiro atoms. The van der Waals surface area contributed by atoms with Gasteiger partial charge in [-0.25, -0.2) is 9.78 Å². The van der Waals surface area contributed by atoms with Crippen molar-refractivity contribution in [3.05, 3.63) is 70.7 Å². The van der Waals surface area contributed by atoms with E-state index in [1.807, 2.05) is 30.3 Å². The van der Waals surface area contributed by atoms with Crippen molar-refractivity contribution in [2.45, 2.75) is 0 Å². The zero-order chi connectivity index (χ0) is 17.6. The topological polar surface area (TPSA) is 70.4 Å². The molecule has 0 aliphatic carbocycles. The van der Waals surface area contributed by atoms with Gasteiger partial charge in [-0.1, -0.05) is 46.3 Å². The number of aromatic hydroxyl groups is 1. The second kappa shape index (κ2) is 5.86. The number of nitrogens with zero attached hydrogens (tertiary/aromatic N) is 1. The minimum Gasteiger partial charge on any atom is -0.507 e. The van der Waals surface area contributed by atoms with Crippen molar-refractivity contribution in [2.75, 3.05) is 0 Å². The maximum atomic E-state index is 11.7. The van der Waals surface area contributed by atoms with Gasteiger partial charge >= 0.3 is 5.97 Å². The summed E-state index contributed by atoms with van der Waals surface area (Å²) in [7, 11) is 0. The van der Waals surface area contributed by atoms with E-state index >= 15 is 0 Å². The fraction of sp³-hybridized carbons (Fsp3) is 0. The van der Waals surface area contributed by atoms with Gasteiger partial charge in [-0.05, 0) is 41.1 Å². The van der Waals surface area contributed by atoms with Crippen molar-refractivity contribution in [1.29, 1.82) is 0 Å². The highest BCUT2D eigenvalue weighted by Gasteiger charge is 2.15. The van der Waals surface area contributed by atoms with E-state index < -0.39 is 5.97 Å². The Balaban J connectivity index is 2.04. The van der Waals surface area contributed by atoms with E-state index in [0.29, 0.717) is 22.2 Å². The molecule has 0 aliphatic heterocycles. The smallest absolute Gasteiger partial charge is 0.336 e. The monoisotopic (exact) mass is 393 g/mol. The van der Waals surface area contributed by atoms with Gasteiger partial charge in [0.05, 0.1) is 16.8 Å². The van der Waals surface area contributed by atoms with E-state index in [1.54, 1.807) is 24.3 Å². The lowest BCUT2D eigenvalue weighted by Gasteiger charge is -2.10. The Morgan fingerprint density at radius 2 is 1.68 bits per heavy atom. The molecule has 4 rings (SSSR count). The molecule has 4 nitrogen and oxygen atoms in total. The fourth-order valence-electron chi connectivity index (χ4n) is 2.95. The molecule has 0 bridgehead atoms. The third-order valence-corrected chi connectivity index (χ3v) is 4.64. The summed E-state index contributed by atoms with van der Waals surface area (Å²) in [5.74, 6) is -0.965. The molecule has 25 heavy (non-hydrogen) atoms. The SMILES string of the molecule is O=C(O)c1cc(-c2cc3ccccc3cc2O)nc2cc(Br)ccc12. The number of pyridine rings is 1. The van der Waals surface area contributed by atoms with Crippen LogP contribution in [0.15, 0.2) is 65.1 Å². The molecule has 4 aromatic rings. The summed E-state index contributed by atoms with van der Waals surface area (Å²) in [6, 6.07) is 17.9. The van der Waals surface area contributed by atoms with Gasteiger partial charge in [-0.2, -0.15) is 0 Å². The van der Waals surface area contributed by atoms with Crippen molar-refractivity contribution in [1.82, 2.24) is 4.98 Å². The molecule has 0 saturated carbocycles. The van der Waals surface area contributed by atoms with Crippen LogP contribution in [0.5, 0.6) is 5.75 Å². The molecule has 122 valence electrons. The third-order valence-electron chi connectivity index (χ3n) is 4.14. The van der Waals surface area contributed by atoms with Crippen LogP contribution in [0, 0.1) is 0 Å². The molecule has 0 amide bonds. The van der Waals surface area contributed by atoms with Crippen LogP contribution in [0.2, 0.25) is 0 Å². The summed E-state index contributed by atoms with van der Waals surface area (Å²) in [4.78, 5) is 16.2. The molecule has 0 aliphatic rings. The van der Waals surface area contributed by atoms with E-state index in [1.165, 1.54) is 6.07 Å². The Kier molecular flexibility index (Phi) is 3.66. The van der Waals surface area contributed by atoms with Gasteiger partial charge in [0, 0.05) is 15.4 Å². The third kappa shape index (κ3) is 2.72. The minimum absolute atomic E-state index is 0.0666. The van der Waals surface area contributed by atoms with Crippen molar-refractivity contribution < 1.29 is 15.0 Å². The van der Waals surface area contributed by atoms with Crippen LogP contribution < -0.4 is 0 Å². The predicted molar refractivity (Wildman–Crippen MR) is 101 cm³/mol. The van der Waals surface area contributed by atoms with E-state index in [2.05, 4.69) is 20.9 Å². The molecule has 3 aromatic carbocycles. The number of carbonyl (C=O) groups is 1. The molecule has 1 heterocycles. The van der Waals surface area contributed by atoms with Crippen LogP contribution >= 0.6 is 15.9 Å². The normalized spacial score (nSPS) is 11.1. The van der Waals surface area contributed by atoms with Gasteiger partial charge in [0.2, 0.25) is 0 Å². The molecule has 0 unspecified atom stereocenters. The van der Waals surface area contributed by atoms with Crippen LogP contribution in [0.3, 0.4) is 0 Å². The molecule has 5 heteroatoms. The van der Waals surface area contributed by atoms with Crippen LogP contribution in [0.25, 0.3) is 32.9 Å². The Labute approximate surface area is 151 Å². The number of phenolic OH excluding ortho intramolecular Hbond substituents is 1. The molecule has 0 fully saturated rings. The second-order valence-corrected chi connectivity index (χ2v) is 6.65. The minimum atomic E-state index is -1.03. The summed E-state index contributed by atoms with van der Waals surface area (Å²) in [6.07, 6.45) is 0. The maximum Gasteiger partial charge on any atom is 0.336 e. The number of carboxylic acids is 1. The predicted octanol–water partition coefficient (Wildman–Crippen LogP) is 5.22. The number of fused-ring (bicyclic) bond motifs is 2. The van der Waals surface area contributed by atoms with Crippen LogP contribution in [-0.2, 0) is 0 Å². The highest BCUT2D eigenvalue weighted by molar-refractivity contribution is 9.10. The van der Waals surface area contributed by atoms with Gasteiger partial charge in [0.25, 0.3) is 0 Å². The van der Waals surface area contributed by atoms with Gasteiger partial charge in [0.15, 0.2) is 0 Å². The Morgan fingerprint density at radius 1 is 0.960 bits per heavy atom. The lowest BCUT2D eigenvalue weighted by atomic mass is 10.0. The molecule has 1 aromatic heterocycles. The average molecular weight is 394 g/mol. The van der Waals surface area contributed by atoms with Crippen molar-refractivity contribution in [2.24, 2.45) is 0 Å². The Hall–Kier alpha value is -2.92. The van der Waals surface area contributed by atoms with Gasteiger partial charge in [-0.3, -0.25) is 0 Å². The number of hydrogen-bond acceptors (Lipinski definition) is 3. The number of hydrogen-bond donors (Lipinski definition) is 2. The first kappa shape index (κ1) is 15.6. The summed E-state index contributed by atoms with van der Waals surface area (Å²) < 4.78 is 0.809. The highest BCUT2D eigenvalue weighted by atomic mass is 79.9. The zero-order valence-electron chi connectivity index (χ0n) is 12.9. The lowest BCUT2D eigenvalue weighted by Crippen LogP contribution is -2.00. The molecule has 0 radical (unpaired) electrons. The number of halogens is 1. The van der Waals surface area contributed by atoms with Gasteiger partial charge in [-0.15, -0.1) is 0 Å².